The van der Waals surface area contributed by atoms with E-state index in [-0.39, 0.29) is 24.9 Å². The quantitative estimate of drug-likeness (QED) is 0.110. The number of ether oxygens (including phenoxy) is 1. The minimum absolute atomic E-state index is 0.0163. The molecule has 10 heteroatoms. The van der Waals surface area contributed by atoms with E-state index in [9.17, 15) is 4.79 Å². The Hall–Kier alpha value is -4.15. The van der Waals surface area contributed by atoms with Gasteiger partial charge in [0, 0.05) is 35.9 Å². The number of guanidine groups is 1. The summed E-state index contributed by atoms with van der Waals surface area (Å²) in [5.41, 5.74) is 8.96. The summed E-state index contributed by atoms with van der Waals surface area (Å²) in [6.07, 6.45) is 2.64. The lowest BCUT2D eigenvalue weighted by Gasteiger charge is -2.08. The lowest BCUT2D eigenvalue weighted by molar-refractivity contribution is 0.201. The van der Waals surface area contributed by atoms with Crippen molar-refractivity contribution in [1.29, 1.82) is 5.41 Å². The third-order valence-electron chi connectivity index (χ3n) is 5.40. The molecule has 10 nitrogen and oxygen atoms in total. The van der Waals surface area contributed by atoms with E-state index < -0.39 is 0 Å². The second-order valence-electron chi connectivity index (χ2n) is 8.02. The molecule has 0 radical (unpaired) electrons. The maximum Gasteiger partial charge on any atom is 0.354 e. The van der Waals surface area contributed by atoms with Crippen molar-refractivity contribution in [2.24, 2.45) is 5.73 Å². The zero-order chi connectivity index (χ0) is 24.6. The molecule has 0 bridgehead atoms. The topological polar surface area (TPSA) is 154 Å². The highest BCUT2D eigenvalue weighted by molar-refractivity contribution is 5.82. The Labute approximate surface area is 202 Å². The summed E-state index contributed by atoms with van der Waals surface area (Å²) in [6, 6.07) is 17.2. The highest BCUT2D eigenvalue weighted by Gasteiger charge is 2.10. The fourth-order valence-electron chi connectivity index (χ4n) is 3.70. The summed E-state index contributed by atoms with van der Waals surface area (Å²) in [7, 11) is 0. The van der Waals surface area contributed by atoms with Crippen LogP contribution in [0.3, 0.4) is 0 Å². The number of aromatic amines is 1. The molecule has 0 atom stereocenters. The first-order chi connectivity index (χ1) is 17.0. The number of aromatic nitrogens is 3. The highest BCUT2D eigenvalue weighted by atomic mass is 16.5. The van der Waals surface area contributed by atoms with Crippen molar-refractivity contribution in [3.63, 3.8) is 0 Å². The Kier molecular flexibility index (Phi) is 7.76. The van der Waals surface area contributed by atoms with E-state index in [0.29, 0.717) is 24.5 Å². The molecule has 2 aromatic carbocycles. The standard InChI is InChI=1S/C25H29N7O3/c26-24(27)29-10-2-9-28-15-17-5-7-20(8-6-17)32-16-19-14-22(30-23(19)31-25(32)34)18-3-1-4-21(13-18)35-12-11-33/h1,3-8,13-14,16,28,33H,2,9-12,15H2,(H4,26,27,29)(H,30,31,34). The molecule has 2 heterocycles. The molecule has 0 spiro atoms. The molecular weight excluding hydrogens is 446 g/mol. The van der Waals surface area contributed by atoms with Crippen LogP contribution in [0.15, 0.2) is 65.6 Å². The van der Waals surface area contributed by atoms with Gasteiger partial charge in [0.05, 0.1) is 12.3 Å². The zero-order valence-corrected chi connectivity index (χ0v) is 19.3. The van der Waals surface area contributed by atoms with Gasteiger partial charge in [-0.1, -0.05) is 24.3 Å². The molecule has 0 aliphatic heterocycles. The maximum absolute atomic E-state index is 12.7. The van der Waals surface area contributed by atoms with Gasteiger partial charge in [-0.2, -0.15) is 4.98 Å². The Morgan fingerprint density at radius 3 is 2.77 bits per heavy atom. The second kappa shape index (κ2) is 11.3. The molecule has 0 amide bonds. The predicted octanol–water partition coefficient (Wildman–Crippen LogP) is 1.71. The number of hydrogen-bond acceptors (Lipinski definition) is 6. The van der Waals surface area contributed by atoms with Crippen LogP contribution < -0.4 is 26.8 Å². The molecule has 0 aliphatic carbocycles. The first kappa shape index (κ1) is 24.0. The van der Waals surface area contributed by atoms with Gasteiger partial charge in [-0.3, -0.25) is 9.98 Å². The SMILES string of the molecule is N=C(N)NCCCNCc1ccc(-n2cc3cc(-c4cccc(OCCO)c4)[nH]c3nc2=O)cc1. The maximum atomic E-state index is 12.7. The van der Waals surface area contributed by atoms with Crippen LogP contribution in [0.25, 0.3) is 28.0 Å². The molecule has 2 aromatic heterocycles. The molecule has 0 aliphatic rings. The predicted molar refractivity (Wildman–Crippen MR) is 136 cm³/mol. The van der Waals surface area contributed by atoms with Crippen molar-refractivity contribution in [3.8, 4) is 22.7 Å². The molecule has 0 fully saturated rings. The van der Waals surface area contributed by atoms with Gasteiger partial charge >= 0.3 is 5.69 Å². The van der Waals surface area contributed by atoms with Crippen molar-refractivity contribution in [1.82, 2.24) is 25.2 Å². The minimum atomic E-state index is -0.366. The van der Waals surface area contributed by atoms with Crippen LogP contribution >= 0.6 is 0 Å². The number of rotatable bonds is 11. The lowest BCUT2D eigenvalue weighted by atomic mass is 10.1. The molecule has 7 N–H and O–H groups in total. The van der Waals surface area contributed by atoms with E-state index in [1.54, 1.807) is 6.20 Å². The number of benzene rings is 2. The average Bonchev–Trinajstić information content (AvgIpc) is 3.28. The van der Waals surface area contributed by atoms with Crippen LogP contribution in [0.4, 0.5) is 0 Å². The van der Waals surface area contributed by atoms with Crippen molar-refractivity contribution in [2.75, 3.05) is 26.3 Å². The Bertz CT molecular complexity index is 1350. The molecule has 182 valence electrons. The average molecular weight is 476 g/mol. The monoisotopic (exact) mass is 475 g/mol. The lowest BCUT2D eigenvalue weighted by Crippen LogP contribution is -2.32. The number of aliphatic hydroxyl groups excluding tert-OH is 1. The first-order valence-corrected chi connectivity index (χ1v) is 11.4. The van der Waals surface area contributed by atoms with Crippen LogP contribution in [0, 0.1) is 5.41 Å². The van der Waals surface area contributed by atoms with Crippen molar-refractivity contribution < 1.29 is 9.84 Å². The van der Waals surface area contributed by atoms with Gasteiger partial charge in [0.25, 0.3) is 0 Å². The second-order valence-corrected chi connectivity index (χ2v) is 8.02. The number of nitrogens with two attached hydrogens (primary N) is 1. The Morgan fingerprint density at radius 1 is 1.17 bits per heavy atom. The van der Waals surface area contributed by atoms with Gasteiger partial charge in [0.2, 0.25) is 0 Å². The fourth-order valence-corrected chi connectivity index (χ4v) is 3.70. The van der Waals surface area contributed by atoms with Gasteiger partial charge in [-0.05, 0) is 48.9 Å². The number of H-pyrrole nitrogens is 1. The van der Waals surface area contributed by atoms with Crippen LogP contribution in [0.5, 0.6) is 5.75 Å². The van der Waals surface area contributed by atoms with Gasteiger partial charge < -0.3 is 31.2 Å². The summed E-state index contributed by atoms with van der Waals surface area (Å²) < 4.78 is 7.03. The Morgan fingerprint density at radius 2 is 2.00 bits per heavy atom. The summed E-state index contributed by atoms with van der Waals surface area (Å²) in [5.74, 6) is 0.641. The highest BCUT2D eigenvalue weighted by Crippen LogP contribution is 2.26. The molecule has 4 rings (SSSR count). The third-order valence-corrected chi connectivity index (χ3v) is 5.40. The van der Waals surface area contributed by atoms with Crippen molar-refractivity contribution in [2.45, 2.75) is 13.0 Å². The fraction of sp³-hybridized carbons (Fsp3) is 0.240. The third kappa shape index (κ3) is 6.25. The van der Waals surface area contributed by atoms with Crippen LogP contribution in [0.2, 0.25) is 0 Å². The van der Waals surface area contributed by atoms with E-state index in [0.717, 1.165) is 40.9 Å². The summed E-state index contributed by atoms with van der Waals surface area (Å²) in [5, 5.41) is 23.0. The molecule has 35 heavy (non-hydrogen) atoms. The van der Waals surface area contributed by atoms with Gasteiger partial charge in [-0.25, -0.2) is 4.79 Å². The zero-order valence-electron chi connectivity index (χ0n) is 19.3. The molecule has 0 saturated carbocycles. The minimum Gasteiger partial charge on any atom is -0.491 e. The largest absolute Gasteiger partial charge is 0.491 e. The molecule has 0 saturated heterocycles. The summed E-state index contributed by atoms with van der Waals surface area (Å²) >= 11 is 0. The normalized spacial score (nSPS) is 11.0. The number of hydrogen-bond donors (Lipinski definition) is 6. The Balaban J connectivity index is 1.46. The van der Waals surface area contributed by atoms with Crippen LogP contribution in [0.1, 0.15) is 12.0 Å². The number of aliphatic hydroxyl groups is 1. The van der Waals surface area contributed by atoms with E-state index in [4.69, 9.17) is 21.0 Å². The van der Waals surface area contributed by atoms with Crippen LogP contribution in [-0.2, 0) is 6.54 Å². The van der Waals surface area contributed by atoms with Gasteiger partial charge in [-0.15, -0.1) is 0 Å². The molecule has 0 unspecified atom stereocenters. The van der Waals surface area contributed by atoms with Crippen LogP contribution in [-0.4, -0.2) is 51.9 Å². The van der Waals surface area contributed by atoms with E-state index >= 15 is 0 Å². The van der Waals surface area contributed by atoms with Gasteiger partial charge in [0.1, 0.15) is 18.0 Å². The van der Waals surface area contributed by atoms with Crippen molar-refractivity contribution in [3.05, 3.63) is 76.8 Å². The summed E-state index contributed by atoms with van der Waals surface area (Å²) in [6.45, 7) is 2.33. The summed E-state index contributed by atoms with van der Waals surface area (Å²) in [4.78, 5) is 20.1. The smallest absolute Gasteiger partial charge is 0.354 e. The first-order valence-electron chi connectivity index (χ1n) is 11.4. The number of nitrogens with one attached hydrogen (secondary N) is 4. The van der Waals surface area contributed by atoms with Crippen molar-refractivity contribution >= 4 is 17.0 Å². The number of fused-ring (bicyclic) bond motifs is 1. The molecular formula is C25H29N7O3. The van der Waals surface area contributed by atoms with E-state index in [1.807, 2.05) is 54.6 Å². The van der Waals surface area contributed by atoms with E-state index in [1.165, 1.54) is 4.57 Å². The number of nitrogens with zero attached hydrogens (tertiary/aromatic N) is 2. The van der Waals surface area contributed by atoms with Gasteiger partial charge in [0.15, 0.2) is 5.96 Å². The molecule has 4 aromatic rings. The van der Waals surface area contributed by atoms with E-state index in [2.05, 4.69) is 20.6 Å².